The molecule has 1 amide bonds. The van der Waals surface area contributed by atoms with E-state index < -0.39 is 0 Å². The molecule has 0 saturated carbocycles. The topological polar surface area (TPSA) is 64.4 Å². The first kappa shape index (κ1) is 15.4. The molecule has 1 aromatic carbocycles. The van der Waals surface area contributed by atoms with Gasteiger partial charge in [0, 0.05) is 19.2 Å². The quantitative estimate of drug-likeness (QED) is 0.853. The number of hydrogen-bond acceptors (Lipinski definition) is 4. The Kier molecular flexibility index (Phi) is 4.52. The molecule has 0 radical (unpaired) electrons. The first-order valence-corrected chi connectivity index (χ1v) is 7.66. The molecule has 6 heteroatoms. The van der Waals surface area contributed by atoms with Crippen molar-refractivity contribution in [2.24, 2.45) is 0 Å². The van der Waals surface area contributed by atoms with E-state index in [4.69, 9.17) is 4.74 Å². The molecule has 0 bridgehead atoms. The van der Waals surface area contributed by atoms with E-state index in [1.54, 1.807) is 4.90 Å². The largest absolute Gasteiger partial charge is 0.375 e. The second-order valence-corrected chi connectivity index (χ2v) is 5.63. The van der Waals surface area contributed by atoms with Gasteiger partial charge in [0.2, 0.25) is 0 Å². The second kappa shape index (κ2) is 6.75. The van der Waals surface area contributed by atoms with E-state index in [1.807, 2.05) is 37.3 Å². The van der Waals surface area contributed by atoms with E-state index in [9.17, 15) is 9.59 Å². The molecule has 1 atom stereocenters. The fourth-order valence-corrected chi connectivity index (χ4v) is 2.60. The van der Waals surface area contributed by atoms with Crippen molar-refractivity contribution in [1.29, 1.82) is 0 Å². The summed E-state index contributed by atoms with van der Waals surface area (Å²) in [4.78, 5) is 26.3. The molecular weight excluding hydrogens is 294 g/mol. The number of morpholine rings is 1. The van der Waals surface area contributed by atoms with E-state index >= 15 is 0 Å². The van der Waals surface area contributed by atoms with Gasteiger partial charge in [-0.05, 0) is 18.6 Å². The number of amides is 1. The molecule has 1 saturated heterocycles. The summed E-state index contributed by atoms with van der Waals surface area (Å²) in [5.74, 6) is -0.165. The SMILES string of the molecule is C[C@@H]1CN(C(=O)c2ccc(=O)n(Cc3ccccc3)n2)CCO1. The van der Waals surface area contributed by atoms with Crippen molar-refractivity contribution in [2.75, 3.05) is 19.7 Å². The highest BCUT2D eigenvalue weighted by Gasteiger charge is 2.23. The zero-order valence-electron chi connectivity index (χ0n) is 13.0. The lowest BCUT2D eigenvalue weighted by Crippen LogP contribution is -2.45. The molecule has 1 fully saturated rings. The summed E-state index contributed by atoms with van der Waals surface area (Å²) in [5, 5.41) is 4.24. The minimum atomic E-state index is -0.222. The van der Waals surface area contributed by atoms with Crippen molar-refractivity contribution in [1.82, 2.24) is 14.7 Å². The minimum absolute atomic E-state index is 0.0166. The number of carbonyl (C=O) groups is 1. The van der Waals surface area contributed by atoms with Gasteiger partial charge in [0.25, 0.3) is 11.5 Å². The third kappa shape index (κ3) is 3.65. The van der Waals surface area contributed by atoms with Crippen LogP contribution in [-0.4, -0.2) is 46.4 Å². The summed E-state index contributed by atoms with van der Waals surface area (Å²) in [7, 11) is 0. The number of ether oxygens (including phenoxy) is 1. The van der Waals surface area contributed by atoms with Crippen molar-refractivity contribution < 1.29 is 9.53 Å². The van der Waals surface area contributed by atoms with Gasteiger partial charge in [0.05, 0.1) is 19.3 Å². The van der Waals surface area contributed by atoms with Crippen LogP contribution < -0.4 is 5.56 Å². The molecular formula is C17H19N3O3. The summed E-state index contributed by atoms with van der Waals surface area (Å²) in [6.07, 6.45) is 0.0166. The highest BCUT2D eigenvalue weighted by molar-refractivity contribution is 5.92. The zero-order valence-corrected chi connectivity index (χ0v) is 13.0. The third-order valence-electron chi connectivity index (χ3n) is 3.79. The molecule has 0 spiro atoms. The molecule has 1 aromatic heterocycles. The number of hydrogen-bond donors (Lipinski definition) is 0. The molecule has 23 heavy (non-hydrogen) atoms. The summed E-state index contributed by atoms with van der Waals surface area (Å²) in [6, 6.07) is 12.5. The molecule has 3 rings (SSSR count). The lowest BCUT2D eigenvalue weighted by Gasteiger charge is -2.30. The number of nitrogens with zero attached hydrogens (tertiary/aromatic N) is 3. The van der Waals surface area contributed by atoms with Gasteiger partial charge in [-0.1, -0.05) is 30.3 Å². The van der Waals surface area contributed by atoms with Crippen LogP contribution >= 0.6 is 0 Å². The highest BCUT2D eigenvalue weighted by atomic mass is 16.5. The van der Waals surface area contributed by atoms with Crippen LogP contribution in [0.2, 0.25) is 0 Å². The van der Waals surface area contributed by atoms with Crippen molar-refractivity contribution in [3.05, 3.63) is 64.1 Å². The maximum Gasteiger partial charge on any atom is 0.274 e. The van der Waals surface area contributed by atoms with Crippen LogP contribution in [0.15, 0.2) is 47.3 Å². The summed E-state index contributed by atoms with van der Waals surface area (Å²) < 4.78 is 6.77. The van der Waals surface area contributed by atoms with Crippen molar-refractivity contribution in [2.45, 2.75) is 19.6 Å². The van der Waals surface area contributed by atoms with Gasteiger partial charge >= 0.3 is 0 Å². The highest BCUT2D eigenvalue weighted by Crippen LogP contribution is 2.08. The van der Waals surface area contributed by atoms with Crippen molar-refractivity contribution in [3.63, 3.8) is 0 Å². The normalized spacial score (nSPS) is 18.0. The van der Waals surface area contributed by atoms with E-state index in [0.29, 0.717) is 26.2 Å². The Labute approximate surface area is 134 Å². The molecule has 2 heterocycles. The Morgan fingerprint density at radius 2 is 2.04 bits per heavy atom. The summed E-state index contributed by atoms with van der Waals surface area (Å²) in [5.41, 5.74) is 1.03. The maximum atomic E-state index is 12.6. The van der Waals surface area contributed by atoms with Crippen LogP contribution in [-0.2, 0) is 11.3 Å². The summed E-state index contributed by atoms with van der Waals surface area (Å²) in [6.45, 7) is 3.89. The van der Waals surface area contributed by atoms with Crippen LogP contribution in [0.3, 0.4) is 0 Å². The number of rotatable bonds is 3. The van der Waals surface area contributed by atoms with E-state index in [1.165, 1.54) is 16.8 Å². The van der Waals surface area contributed by atoms with Crippen molar-refractivity contribution in [3.8, 4) is 0 Å². The molecule has 0 aliphatic carbocycles. The Bertz CT molecular complexity index is 742. The average molecular weight is 313 g/mol. The van der Waals surface area contributed by atoms with E-state index in [-0.39, 0.29) is 23.3 Å². The minimum Gasteiger partial charge on any atom is -0.375 e. The van der Waals surface area contributed by atoms with Crippen LogP contribution in [0.4, 0.5) is 0 Å². The Hall–Kier alpha value is -2.47. The summed E-state index contributed by atoms with van der Waals surface area (Å²) >= 11 is 0. The maximum absolute atomic E-state index is 12.6. The molecule has 120 valence electrons. The van der Waals surface area contributed by atoms with Crippen molar-refractivity contribution >= 4 is 5.91 Å². The molecule has 2 aromatic rings. The fraction of sp³-hybridized carbons (Fsp3) is 0.353. The molecule has 0 N–H and O–H groups in total. The van der Waals surface area contributed by atoms with Gasteiger partial charge in [-0.25, -0.2) is 4.68 Å². The van der Waals surface area contributed by atoms with Gasteiger partial charge < -0.3 is 9.64 Å². The second-order valence-electron chi connectivity index (χ2n) is 5.63. The van der Waals surface area contributed by atoms with Gasteiger partial charge in [0.1, 0.15) is 5.69 Å². The lowest BCUT2D eigenvalue weighted by atomic mass is 10.2. The van der Waals surface area contributed by atoms with Crippen LogP contribution in [0, 0.1) is 0 Å². The smallest absolute Gasteiger partial charge is 0.274 e. The molecule has 1 aliphatic rings. The Morgan fingerprint density at radius 1 is 1.26 bits per heavy atom. The number of aromatic nitrogens is 2. The fourth-order valence-electron chi connectivity index (χ4n) is 2.60. The van der Waals surface area contributed by atoms with E-state index in [0.717, 1.165) is 5.56 Å². The Morgan fingerprint density at radius 3 is 2.78 bits per heavy atom. The van der Waals surface area contributed by atoms with Gasteiger partial charge in [-0.2, -0.15) is 5.10 Å². The van der Waals surface area contributed by atoms with Gasteiger partial charge in [-0.3, -0.25) is 9.59 Å². The third-order valence-corrected chi connectivity index (χ3v) is 3.79. The Balaban J connectivity index is 1.82. The first-order valence-electron chi connectivity index (χ1n) is 7.66. The van der Waals surface area contributed by atoms with Crippen LogP contribution in [0.25, 0.3) is 0 Å². The monoisotopic (exact) mass is 313 g/mol. The van der Waals surface area contributed by atoms with E-state index in [2.05, 4.69) is 5.10 Å². The molecule has 0 unspecified atom stereocenters. The van der Waals surface area contributed by atoms with Crippen LogP contribution in [0.5, 0.6) is 0 Å². The lowest BCUT2D eigenvalue weighted by molar-refractivity contribution is -0.0127. The molecule has 6 nitrogen and oxygen atoms in total. The number of carbonyl (C=O) groups excluding carboxylic acids is 1. The van der Waals surface area contributed by atoms with Gasteiger partial charge in [-0.15, -0.1) is 0 Å². The predicted molar refractivity (Wildman–Crippen MR) is 85.4 cm³/mol. The predicted octanol–water partition coefficient (Wildman–Crippen LogP) is 1.15. The zero-order chi connectivity index (χ0) is 16.2. The number of benzene rings is 1. The standard InChI is InChI=1S/C17H19N3O3/c1-13-11-19(9-10-23-13)17(22)15-7-8-16(21)20(18-15)12-14-5-3-2-4-6-14/h2-8,13H,9-12H2,1H3/t13-/m1/s1. The van der Waals surface area contributed by atoms with Crippen LogP contribution in [0.1, 0.15) is 23.0 Å². The van der Waals surface area contributed by atoms with Gasteiger partial charge in [0.15, 0.2) is 0 Å². The molecule has 1 aliphatic heterocycles. The average Bonchev–Trinajstić information content (AvgIpc) is 2.57. The first-order chi connectivity index (χ1) is 11.1.